The molecule has 0 radical (unpaired) electrons. The van der Waals surface area contributed by atoms with E-state index < -0.39 is 53.5 Å². The molecule has 0 aromatic heterocycles. The van der Waals surface area contributed by atoms with Crippen LogP contribution in [0.15, 0.2) is 24.3 Å². The smallest absolute Gasteiger partial charge is 0.408 e. The van der Waals surface area contributed by atoms with E-state index in [-0.39, 0.29) is 6.54 Å². The first-order valence-corrected chi connectivity index (χ1v) is 13.1. The summed E-state index contributed by atoms with van der Waals surface area (Å²) in [6.45, 7) is 12.8. The number of benzene rings is 1. The number of nitrogens with one attached hydrogen (secondary N) is 2. The van der Waals surface area contributed by atoms with Gasteiger partial charge in [-0.25, -0.2) is 4.79 Å². The second kappa shape index (κ2) is 14.4. The number of terminal acetylenes is 1. The fraction of sp³-hybridized carbons (Fsp3) is 0.586. The van der Waals surface area contributed by atoms with Crippen molar-refractivity contribution >= 4 is 23.8 Å². The average molecular weight is 529 g/mol. The normalized spacial score (nSPS) is 13.0. The zero-order valence-corrected chi connectivity index (χ0v) is 23.8. The number of unbranched alkanes of at least 4 members (excludes halogenated alkanes) is 3. The van der Waals surface area contributed by atoms with Gasteiger partial charge in [-0.2, -0.15) is 0 Å². The van der Waals surface area contributed by atoms with E-state index in [1.165, 1.54) is 4.90 Å². The molecule has 4 N–H and O–H groups in total. The molecule has 9 nitrogen and oxygen atoms in total. The molecule has 2 unspecified atom stereocenters. The third kappa shape index (κ3) is 11.2. The monoisotopic (exact) mass is 528 g/mol. The molecule has 4 amide bonds. The molecular formula is C29H44N4O5. The first-order chi connectivity index (χ1) is 17.6. The van der Waals surface area contributed by atoms with Crippen LogP contribution in [0.25, 0.3) is 0 Å². The van der Waals surface area contributed by atoms with Crippen LogP contribution in [0, 0.1) is 12.3 Å². The van der Waals surface area contributed by atoms with Crippen LogP contribution in [0.1, 0.15) is 97.7 Å². The Balaban J connectivity index is 3.62. The molecule has 0 spiro atoms. The number of carbonyl (C=O) groups excluding carboxylic acids is 4. The lowest BCUT2D eigenvalue weighted by atomic mass is 9.95. The van der Waals surface area contributed by atoms with Crippen LogP contribution >= 0.6 is 0 Å². The number of hydrogen-bond acceptors (Lipinski definition) is 5. The highest BCUT2D eigenvalue weighted by atomic mass is 16.6. The maximum absolute atomic E-state index is 14.0. The highest BCUT2D eigenvalue weighted by molar-refractivity contribution is 5.95. The topological polar surface area (TPSA) is 131 Å². The predicted octanol–water partition coefficient (Wildman–Crippen LogP) is 3.80. The van der Waals surface area contributed by atoms with Gasteiger partial charge in [-0.3, -0.25) is 14.4 Å². The summed E-state index contributed by atoms with van der Waals surface area (Å²) in [5.41, 5.74) is 4.94. The van der Waals surface area contributed by atoms with Gasteiger partial charge < -0.3 is 26.0 Å². The van der Waals surface area contributed by atoms with E-state index in [0.717, 1.165) is 19.3 Å². The maximum Gasteiger partial charge on any atom is 0.408 e. The van der Waals surface area contributed by atoms with Crippen molar-refractivity contribution in [3.05, 3.63) is 35.4 Å². The maximum atomic E-state index is 14.0. The minimum atomic E-state index is -1.34. The molecule has 0 saturated heterocycles. The first-order valence-electron chi connectivity index (χ1n) is 13.1. The van der Waals surface area contributed by atoms with E-state index in [2.05, 4.69) is 23.5 Å². The number of hydrogen-bond donors (Lipinski definition) is 3. The molecule has 0 aliphatic rings. The van der Waals surface area contributed by atoms with E-state index in [1.54, 1.807) is 45.0 Å². The van der Waals surface area contributed by atoms with Crippen molar-refractivity contribution in [2.45, 2.75) is 104 Å². The number of nitrogens with two attached hydrogens (primary N) is 1. The molecule has 2 atom stereocenters. The Morgan fingerprint density at radius 3 is 2.21 bits per heavy atom. The average Bonchev–Trinajstić information content (AvgIpc) is 2.77. The van der Waals surface area contributed by atoms with Gasteiger partial charge in [0.25, 0.3) is 0 Å². The van der Waals surface area contributed by atoms with Crippen molar-refractivity contribution < 1.29 is 23.9 Å². The van der Waals surface area contributed by atoms with Crippen molar-refractivity contribution in [3.63, 3.8) is 0 Å². The van der Waals surface area contributed by atoms with E-state index in [1.807, 2.05) is 20.8 Å². The molecule has 0 heterocycles. The SMILES string of the molecule is C#Cc1ccccc1C(C(=O)NC(C)(C)C)N(CCCCCC)C(=O)C(CC(N)=O)NC(=O)OC(C)(C)C. The molecule has 0 fully saturated rings. The van der Waals surface area contributed by atoms with Crippen LogP contribution in [0.5, 0.6) is 0 Å². The van der Waals surface area contributed by atoms with Gasteiger partial charge in [0.1, 0.15) is 17.7 Å². The molecule has 1 aromatic rings. The molecule has 0 bridgehead atoms. The second-order valence-corrected chi connectivity index (χ2v) is 11.3. The van der Waals surface area contributed by atoms with Gasteiger partial charge in [0.2, 0.25) is 17.7 Å². The van der Waals surface area contributed by atoms with Gasteiger partial charge in [0.15, 0.2) is 0 Å². The van der Waals surface area contributed by atoms with Crippen molar-refractivity contribution in [3.8, 4) is 12.3 Å². The third-order valence-electron chi connectivity index (χ3n) is 5.40. The molecule has 0 saturated carbocycles. The molecule has 1 aromatic carbocycles. The molecular weight excluding hydrogens is 484 g/mol. The van der Waals surface area contributed by atoms with E-state index in [9.17, 15) is 19.2 Å². The Bertz CT molecular complexity index is 1020. The van der Waals surface area contributed by atoms with Gasteiger partial charge in [0, 0.05) is 17.6 Å². The Labute approximate surface area is 227 Å². The number of carbonyl (C=O) groups is 4. The third-order valence-corrected chi connectivity index (χ3v) is 5.40. The Morgan fingerprint density at radius 2 is 1.68 bits per heavy atom. The predicted molar refractivity (Wildman–Crippen MR) is 148 cm³/mol. The van der Waals surface area contributed by atoms with Crippen LogP contribution in [-0.4, -0.2) is 52.4 Å². The number of amides is 4. The molecule has 0 aliphatic carbocycles. The zero-order valence-electron chi connectivity index (χ0n) is 23.8. The van der Waals surface area contributed by atoms with Crippen molar-refractivity contribution in [1.29, 1.82) is 0 Å². The lowest BCUT2D eigenvalue weighted by Crippen LogP contribution is -2.55. The first kappa shape index (κ1) is 32.5. The highest BCUT2D eigenvalue weighted by Crippen LogP contribution is 2.27. The Hall–Kier alpha value is -3.54. The van der Waals surface area contributed by atoms with E-state index in [4.69, 9.17) is 16.9 Å². The van der Waals surface area contributed by atoms with E-state index in [0.29, 0.717) is 17.5 Å². The van der Waals surface area contributed by atoms with Crippen LogP contribution in [-0.2, 0) is 19.1 Å². The summed E-state index contributed by atoms with van der Waals surface area (Å²) < 4.78 is 5.31. The fourth-order valence-corrected chi connectivity index (χ4v) is 3.88. The molecule has 1 rings (SSSR count). The van der Waals surface area contributed by atoms with Crippen molar-refractivity contribution in [2.24, 2.45) is 5.73 Å². The second-order valence-electron chi connectivity index (χ2n) is 11.3. The number of ether oxygens (including phenoxy) is 1. The van der Waals surface area contributed by atoms with Crippen molar-refractivity contribution in [2.75, 3.05) is 6.54 Å². The van der Waals surface area contributed by atoms with Crippen LogP contribution < -0.4 is 16.4 Å². The Morgan fingerprint density at radius 1 is 1.05 bits per heavy atom. The minimum Gasteiger partial charge on any atom is -0.444 e. The summed E-state index contributed by atoms with van der Waals surface area (Å²) in [4.78, 5) is 53.7. The van der Waals surface area contributed by atoms with Crippen molar-refractivity contribution in [1.82, 2.24) is 15.5 Å². The quantitative estimate of drug-likeness (QED) is 0.281. The van der Waals surface area contributed by atoms with E-state index >= 15 is 0 Å². The summed E-state index contributed by atoms with van der Waals surface area (Å²) >= 11 is 0. The number of primary amides is 1. The zero-order chi connectivity index (χ0) is 29.1. The molecule has 9 heteroatoms. The largest absolute Gasteiger partial charge is 0.444 e. The molecule has 0 aliphatic heterocycles. The van der Waals surface area contributed by atoms with Gasteiger partial charge in [-0.1, -0.05) is 50.3 Å². The van der Waals surface area contributed by atoms with Crippen LogP contribution in [0.2, 0.25) is 0 Å². The van der Waals surface area contributed by atoms with Gasteiger partial charge >= 0.3 is 6.09 Å². The number of nitrogens with zero attached hydrogens (tertiary/aromatic N) is 1. The van der Waals surface area contributed by atoms with Gasteiger partial charge in [0.05, 0.1) is 6.42 Å². The van der Waals surface area contributed by atoms with Crippen LogP contribution in [0.4, 0.5) is 4.79 Å². The lowest BCUT2D eigenvalue weighted by molar-refractivity contribution is -0.144. The van der Waals surface area contributed by atoms with Crippen LogP contribution in [0.3, 0.4) is 0 Å². The standard InChI is InChI=1S/C29H44N4O5/c1-9-11-12-15-18-33(26(36)22(19-23(30)34)31-27(37)38-29(6,7)8)24(25(35)32-28(3,4)5)21-17-14-13-16-20(21)10-2/h2,13-14,16-17,22,24H,9,11-12,15,18-19H2,1,3-8H3,(H2,30,34)(H,31,37)(H,32,35). The molecule has 210 valence electrons. The summed E-state index contributed by atoms with van der Waals surface area (Å²) in [6.07, 6.45) is 7.78. The summed E-state index contributed by atoms with van der Waals surface area (Å²) in [7, 11) is 0. The lowest BCUT2D eigenvalue weighted by Gasteiger charge is -2.36. The summed E-state index contributed by atoms with van der Waals surface area (Å²) in [6, 6.07) is 4.46. The summed E-state index contributed by atoms with van der Waals surface area (Å²) in [5, 5.41) is 5.44. The van der Waals surface area contributed by atoms with Gasteiger partial charge in [-0.05, 0) is 59.6 Å². The number of alkyl carbamates (subject to hydrolysis) is 1. The highest BCUT2D eigenvalue weighted by Gasteiger charge is 2.38. The Kier molecular flexibility index (Phi) is 12.3. The minimum absolute atomic E-state index is 0.200. The van der Waals surface area contributed by atoms with Gasteiger partial charge in [-0.15, -0.1) is 6.42 Å². The summed E-state index contributed by atoms with van der Waals surface area (Å²) in [5.74, 6) is 0.751. The fourth-order valence-electron chi connectivity index (χ4n) is 3.88. The number of rotatable bonds is 12. The molecule has 38 heavy (non-hydrogen) atoms.